The number of hydrogen-bond donors (Lipinski definition) is 0. The van der Waals surface area contributed by atoms with Crippen LogP contribution in [-0.2, 0) is 31.8 Å². The second-order valence-corrected chi connectivity index (χ2v) is 6.94. The average molecular weight is 617 g/mol. The van der Waals surface area contributed by atoms with Gasteiger partial charge in [0, 0.05) is 35.7 Å². The Kier molecular flexibility index (Phi) is 9.54. The molecule has 0 spiro atoms. The molecule has 0 N–H and O–H groups in total. The van der Waals surface area contributed by atoms with E-state index in [1.165, 1.54) is 0 Å². The van der Waals surface area contributed by atoms with Gasteiger partial charge in [0.1, 0.15) is 0 Å². The summed E-state index contributed by atoms with van der Waals surface area (Å²) in [6, 6.07) is 11.1. The first-order chi connectivity index (χ1) is 16.8. The van der Waals surface area contributed by atoms with Crippen molar-refractivity contribution in [3.8, 4) is 22.5 Å². The zero-order chi connectivity index (χ0) is 26.7. The molecular weight excluding hydrogens is 607 g/mol. The molecule has 0 bridgehead atoms. The Morgan fingerprint density at radius 3 is 1.16 bits per heavy atom. The molecule has 4 rings (SSSR count). The Balaban J connectivity index is 0.000000253. The number of pyridine rings is 2. The summed E-state index contributed by atoms with van der Waals surface area (Å²) in [4.78, 5) is 6.98. The standard InChI is InChI=1S/2C12H5F5N.Ru/c2*13-8-2-3-9(10(14)5-8)11-4-1-7(6-18-11)12(15,16)17;/h2*1-2,4-6H;/q2*-1;+3. The summed E-state index contributed by atoms with van der Waals surface area (Å²) in [6.45, 7) is 0. The predicted molar refractivity (Wildman–Crippen MR) is 107 cm³/mol. The SMILES string of the molecule is Fc1c[c-]c(-c2ccc(C(F)(F)F)cn2)c(F)c1.Fc1c[c-]c(-c2ccc(C(F)(F)F)cn2)c(F)c1.[Ru+3]. The van der Waals surface area contributed by atoms with Crippen molar-refractivity contribution in [3.63, 3.8) is 0 Å². The summed E-state index contributed by atoms with van der Waals surface area (Å²) in [6.07, 6.45) is -7.83. The molecule has 0 saturated carbocycles. The van der Waals surface area contributed by atoms with E-state index in [9.17, 15) is 43.9 Å². The minimum Gasteiger partial charge on any atom is -0.304 e. The summed E-state index contributed by atoms with van der Waals surface area (Å²) in [5, 5.41) is 0. The Morgan fingerprint density at radius 1 is 0.568 bits per heavy atom. The van der Waals surface area contributed by atoms with Crippen molar-refractivity contribution in [1.82, 2.24) is 9.97 Å². The van der Waals surface area contributed by atoms with Crippen LogP contribution in [0, 0.1) is 35.4 Å². The number of aromatic nitrogens is 2. The molecule has 2 aromatic carbocycles. The maximum atomic E-state index is 13.3. The van der Waals surface area contributed by atoms with Crippen molar-refractivity contribution in [3.05, 3.63) is 107 Å². The molecule has 4 aromatic rings. The van der Waals surface area contributed by atoms with Gasteiger partial charge in [-0.3, -0.25) is 17.6 Å². The third-order valence-electron chi connectivity index (χ3n) is 4.41. The molecule has 0 fully saturated rings. The fraction of sp³-hybridized carbons (Fsp3) is 0.0833. The Hall–Kier alpha value is -3.34. The first kappa shape index (κ1) is 29.9. The number of benzene rings is 2. The van der Waals surface area contributed by atoms with Crippen LogP contribution >= 0.6 is 0 Å². The third-order valence-corrected chi connectivity index (χ3v) is 4.41. The third kappa shape index (κ3) is 7.82. The van der Waals surface area contributed by atoms with Gasteiger partial charge in [0.05, 0.1) is 11.1 Å². The summed E-state index contributed by atoms with van der Waals surface area (Å²) in [5.74, 6) is -3.49. The molecule has 0 aliphatic carbocycles. The second-order valence-electron chi connectivity index (χ2n) is 6.94. The maximum absolute atomic E-state index is 13.3. The van der Waals surface area contributed by atoms with Crippen molar-refractivity contribution in [2.24, 2.45) is 0 Å². The van der Waals surface area contributed by atoms with Gasteiger partial charge in [0.15, 0.2) is 0 Å². The molecular formula is C24H10F10N2Ru+. The van der Waals surface area contributed by atoms with E-state index in [4.69, 9.17) is 0 Å². The summed E-state index contributed by atoms with van der Waals surface area (Å²) in [7, 11) is 0. The van der Waals surface area contributed by atoms with Gasteiger partial charge in [0.25, 0.3) is 0 Å². The molecule has 1 radical (unpaired) electrons. The Morgan fingerprint density at radius 2 is 0.919 bits per heavy atom. The fourth-order valence-electron chi connectivity index (χ4n) is 2.70. The smallest absolute Gasteiger partial charge is 0.304 e. The zero-order valence-electron chi connectivity index (χ0n) is 17.8. The zero-order valence-corrected chi connectivity index (χ0v) is 19.5. The van der Waals surface area contributed by atoms with Gasteiger partial charge in [-0.15, -0.1) is 24.3 Å². The monoisotopic (exact) mass is 618 g/mol. The van der Waals surface area contributed by atoms with Crippen LogP contribution in [-0.4, -0.2) is 9.97 Å². The van der Waals surface area contributed by atoms with Gasteiger partial charge in [-0.05, 0) is 11.4 Å². The average Bonchev–Trinajstić information content (AvgIpc) is 2.79. The molecule has 0 aliphatic rings. The van der Waals surface area contributed by atoms with Crippen molar-refractivity contribution in [1.29, 1.82) is 0 Å². The molecule has 193 valence electrons. The van der Waals surface area contributed by atoms with E-state index in [0.29, 0.717) is 24.5 Å². The van der Waals surface area contributed by atoms with Crippen LogP contribution in [0.25, 0.3) is 22.5 Å². The van der Waals surface area contributed by atoms with Crippen molar-refractivity contribution >= 4 is 0 Å². The molecule has 0 aliphatic heterocycles. The summed E-state index contributed by atoms with van der Waals surface area (Å²) in [5.41, 5.74) is -2.31. The quantitative estimate of drug-likeness (QED) is 0.131. The number of rotatable bonds is 2. The second kappa shape index (κ2) is 11.8. The first-order valence-corrected chi connectivity index (χ1v) is 9.56. The minimum absolute atomic E-state index is 0. The van der Waals surface area contributed by atoms with E-state index in [1.807, 2.05) is 0 Å². The molecule has 0 unspecified atom stereocenters. The Bertz CT molecular complexity index is 1230. The number of hydrogen-bond acceptors (Lipinski definition) is 2. The molecule has 0 amide bonds. The molecule has 2 heterocycles. The topological polar surface area (TPSA) is 25.8 Å². The van der Waals surface area contributed by atoms with Crippen LogP contribution < -0.4 is 0 Å². The van der Waals surface area contributed by atoms with Crippen LogP contribution in [0.15, 0.2) is 60.9 Å². The van der Waals surface area contributed by atoms with E-state index in [2.05, 4.69) is 22.1 Å². The molecule has 0 atom stereocenters. The van der Waals surface area contributed by atoms with Crippen molar-refractivity contribution in [2.75, 3.05) is 0 Å². The van der Waals surface area contributed by atoms with Crippen molar-refractivity contribution in [2.45, 2.75) is 12.4 Å². The van der Waals surface area contributed by atoms with Crippen LogP contribution in [0.4, 0.5) is 43.9 Å². The van der Waals surface area contributed by atoms with E-state index >= 15 is 0 Å². The number of alkyl halides is 6. The number of nitrogens with zero attached hydrogens (tertiary/aromatic N) is 2. The Labute approximate surface area is 215 Å². The van der Waals surface area contributed by atoms with Gasteiger partial charge in [-0.25, -0.2) is 0 Å². The fourth-order valence-corrected chi connectivity index (χ4v) is 2.70. The van der Waals surface area contributed by atoms with E-state index < -0.39 is 46.7 Å². The van der Waals surface area contributed by atoms with E-state index in [-0.39, 0.29) is 42.0 Å². The summed E-state index contributed by atoms with van der Waals surface area (Å²) < 4.78 is 126. The van der Waals surface area contributed by atoms with Crippen LogP contribution in [0.3, 0.4) is 0 Å². The summed E-state index contributed by atoms with van der Waals surface area (Å²) >= 11 is 0. The maximum Gasteiger partial charge on any atom is 3.00 e. The van der Waals surface area contributed by atoms with Crippen molar-refractivity contribution < 1.29 is 63.4 Å². The van der Waals surface area contributed by atoms with Crippen LogP contribution in [0.1, 0.15) is 11.1 Å². The molecule has 0 saturated heterocycles. The largest absolute Gasteiger partial charge is 3.00 e. The normalized spacial score (nSPS) is 11.3. The van der Waals surface area contributed by atoms with Gasteiger partial charge < -0.3 is 9.97 Å². The molecule has 37 heavy (non-hydrogen) atoms. The predicted octanol–water partition coefficient (Wildman–Crippen LogP) is 7.69. The van der Waals surface area contributed by atoms with Gasteiger partial charge >= 0.3 is 31.8 Å². The van der Waals surface area contributed by atoms with Crippen LogP contribution in [0.5, 0.6) is 0 Å². The van der Waals surface area contributed by atoms with Crippen LogP contribution in [0.2, 0.25) is 0 Å². The molecule has 2 aromatic heterocycles. The number of halogens is 10. The first-order valence-electron chi connectivity index (χ1n) is 9.56. The molecule has 13 heteroatoms. The minimum atomic E-state index is -4.50. The van der Waals surface area contributed by atoms with E-state index in [0.717, 1.165) is 36.4 Å². The molecule has 2 nitrogen and oxygen atoms in total. The van der Waals surface area contributed by atoms with Gasteiger partial charge in [-0.2, -0.15) is 26.3 Å². The van der Waals surface area contributed by atoms with E-state index in [1.54, 1.807) is 0 Å². The van der Waals surface area contributed by atoms with Gasteiger partial charge in [0.2, 0.25) is 0 Å². The van der Waals surface area contributed by atoms with Gasteiger partial charge in [-0.1, -0.05) is 47.5 Å².